The van der Waals surface area contributed by atoms with Gasteiger partial charge in [-0.2, -0.15) is 11.8 Å². The van der Waals surface area contributed by atoms with E-state index in [4.69, 9.17) is 9.47 Å². The molecule has 0 aliphatic carbocycles. The lowest BCUT2D eigenvalue weighted by molar-refractivity contribution is -0.146. The average molecular weight is 291 g/mol. The van der Waals surface area contributed by atoms with Crippen LogP contribution in [0.4, 0.5) is 4.79 Å². The Morgan fingerprint density at radius 1 is 1.26 bits per heavy atom. The first-order valence-electron chi connectivity index (χ1n) is 6.60. The molecule has 0 fully saturated rings. The molecule has 1 amide bonds. The van der Waals surface area contributed by atoms with E-state index >= 15 is 0 Å². The predicted octanol–water partition coefficient (Wildman–Crippen LogP) is 2.44. The number of thioether (sulfide) groups is 1. The van der Waals surface area contributed by atoms with Crippen LogP contribution in [-0.2, 0) is 14.3 Å². The highest BCUT2D eigenvalue weighted by Crippen LogP contribution is 2.04. The predicted molar refractivity (Wildman–Crippen MR) is 77.4 cm³/mol. The Morgan fingerprint density at radius 2 is 1.95 bits per heavy atom. The van der Waals surface area contributed by atoms with Crippen LogP contribution in [0.3, 0.4) is 0 Å². The van der Waals surface area contributed by atoms with E-state index in [1.165, 1.54) is 0 Å². The summed E-state index contributed by atoms with van der Waals surface area (Å²) in [4.78, 5) is 23.3. The van der Waals surface area contributed by atoms with Crippen molar-refractivity contribution in [3.05, 3.63) is 0 Å². The molecule has 0 saturated heterocycles. The van der Waals surface area contributed by atoms with Crippen LogP contribution in [0.15, 0.2) is 0 Å². The maximum Gasteiger partial charge on any atom is 0.407 e. The molecule has 0 rings (SSSR count). The number of hydrogen-bond donors (Lipinski definition) is 1. The smallest absolute Gasteiger partial charge is 0.407 e. The number of alkyl carbamates (subject to hydrolysis) is 1. The molecule has 0 aromatic heterocycles. The van der Waals surface area contributed by atoms with Crippen LogP contribution < -0.4 is 5.32 Å². The van der Waals surface area contributed by atoms with Crippen molar-refractivity contribution in [3.8, 4) is 0 Å². The topological polar surface area (TPSA) is 64.6 Å². The Hall–Kier alpha value is -0.910. The summed E-state index contributed by atoms with van der Waals surface area (Å²) >= 11 is 1.62. The summed E-state index contributed by atoms with van der Waals surface area (Å²) in [6.07, 6.45) is 2.69. The van der Waals surface area contributed by atoms with Crippen molar-refractivity contribution >= 4 is 23.8 Å². The van der Waals surface area contributed by atoms with Gasteiger partial charge in [0.25, 0.3) is 0 Å². The van der Waals surface area contributed by atoms with E-state index < -0.39 is 18.1 Å². The minimum atomic E-state index is -0.626. The number of esters is 1. The van der Waals surface area contributed by atoms with Gasteiger partial charge in [-0.3, -0.25) is 0 Å². The molecular formula is C13H25NO4S. The summed E-state index contributed by atoms with van der Waals surface area (Å²) in [6.45, 7) is 6.54. The third-order valence-corrected chi connectivity index (χ3v) is 2.83. The van der Waals surface area contributed by atoms with E-state index in [0.717, 1.165) is 12.2 Å². The number of rotatable bonds is 9. The second-order valence-electron chi connectivity index (χ2n) is 4.64. The summed E-state index contributed by atoms with van der Waals surface area (Å²) in [6, 6.07) is -0.626. The minimum Gasteiger partial charge on any atom is -0.464 e. The van der Waals surface area contributed by atoms with Gasteiger partial charge in [0.2, 0.25) is 0 Å². The van der Waals surface area contributed by atoms with Crippen LogP contribution in [0.5, 0.6) is 0 Å². The Labute approximate surface area is 119 Å². The number of hydrogen-bond acceptors (Lipinski definition) is 5. The normalized spacial score (nSPS) is 12.1. The van der Waals surface area contributed by atoms with Crippen LogP contribution in [0.25, 0.3) is 0 Å². The zero-order valence-electron chi connectivity index (χ0n) is 12.2. The molecule has 19 heavy (non-hydrogen) atoms. The number of carbonyl (C=O) groups is 2. The first-order chi connectivity index (χ1) is 9.01. The standard InChI is InChI=1S/C13H25NO4S/c1-5-7-17-12(15)11(6-8-19-4)14-13(16)18-9-10(2)3/h10-11H,5-9H2,1-4H3,(H,14,16). The Bertz CT molecular complexity index is 271. The van der Waals surface area contributed by atoms with Gasteiger partial charge in [-0.15, -0.1) is 0 Å². The fraction of sp³-hybridized carbons (Fsp3) is 0.846. The fourth-order valence-corrected chi connectivity index (χ4v) is 1.69. The van der Waals surface area contributed by atoms with Crippen molar-refractivity contribution in [3.63, 3.8) is 0 Å². The summed E-state index contributed by atoms with van der Waals surface area (Å²) < 4.78 is 10.1. The zero-order valence-corrected chi connectivity index (χ0v) is 13.0. The van der Waals surface area contributed by atoms with Gasteiger partial charge >= 0.3 is 12.1 Å². The molecular weight excluding hydrogens is 266 g/mol. The molecule has 0 aromatic rings. The molecule has 0 aromatic carbocycles. The van der Waals surface area contributed by atoms with E-state index in [1.54, 1.807) is 11.8 Å². The van der Waals surface area contributed by atoms with E-state index in [9.17, 15) is 9.59 Å². The number of nitrogens with one attached hydrogen (secondary N) is 1. The summed E-state index contributed by atoms with van der Waals surface area (Å²) in [5, 5.41) is 2.57. The van der Waals surface area contributed by atoms with Crippen LogP contribution in [-0.4, -0.2) is 43.3 Å². The molecule has 112 valence electrons. The first kappa shape index (κ1) is 18.1. The average Bonchev–Trinajstić information content (AvgIpc) is 2.38. The van der Waals surface area contributed by atoms with Gasteiger partial charge in [0.1, 0.15) is 6.04 Å². The van der Waals surface area contributed by atoms with Crippen LogP contribution in [0, 0.1) is 5.92 Å². The highest BCUT2D eigenvalue weighted by Gasteiger charge is 2.22. The quantitative estimate of drug-likeness (QED) is 0.661. The lowest BCUT2D eigenvalue weighted by Crippen LogP contribution is -2.42. The molecule has 0 aliphatic heterocycles. The van der Waals surface area contributed by atoms with Crippen molar-refractivity contribution < 1.29 is 19.1 Å². The second kappa shape index (κ2) is 11.0. The van der Waals surface area contributed by atoms with Gasteiger partial charge in [-0.05, 0) is 30.8 Å². The molecule has 0 heterocycles. The Balaban J connectivity index is 4.24. The maximum atomic E-state index is 11.8. The number of ether oxygens (including phenoxy) is 2. The number of amides is 1. The molecule has 0 spiro atoms. The van der Waals surface area contributed by atoms with E-state index in [1.807, 2.05) is 27.0 Å². The zero-order chi connectivity index (χ0) is 14.7. The number of carbonyl (C=O) groups excluding carboxylic acids is 2. The highest BCUT2D eigenvalue weighted by atomic mass is 32.2. The van der Waals surface area contributed by atoms with E-state index in [0.29, 0.717) is 19.6 Å². The lowest BCUT2D eigenvalue weighted by atomic mass is 10.2. The summed E-state index contributed by atoms with van der Waals surface area (Å²) in [7, 11) is 0. The molecule has 0 aliphatic rings. The molecule has 0 radical (unpaired) electrons. The van der Waals surface area contributed by atoms with Crippen LogP contribution in [0.1, 0.15) is 33.6 Å². The second-order valence-corrected chi connectivity index (χ2v) is 5.62. The monoisotopic (exact) mass is 291 g/mol. The molecule has 0 saturated carbocycles. The van der Waals surface area contributed by atoms with Gasteiger partial charge in [0.05, 0.1) is 13.2 Å². The van der Waals surface area contributed by atoms with Crippen molar-refractivity contribution in [2.75, 3.05) is 25.2 Å². The fourth-order valence-electron chi connectivity index (χ4n) is 1.21. The van der Waals surface area contributed by atoms with Gasteiger partial charge in [0.15, 0.2) is 0 Å². The third-order valence-electron chi connectivity index (χ3n) is 2.18. The first-order valence-corrected chi connectivity index (χ1v) is 7.99. The van der Waals surface area contributed by atoms with E-state index in [-0.39, 0.29) is 5.92 Å². The van der Waals surface area contributed by atoms with Gasteiger partial charge < -0.3 is 14.8 Å². The van der Waals surface area contributed by atoms with Crippen LogP contribution in [0.2, 0.25) is 0 Å². The summed E-state index contributed by atoms with van der Waals surface area (Å²) in [5.41, 5.74) is 0. The van der Waals surface area contributed by atoms with Crippen molar-refractivity contribution in [1.82, 2.24) is 5.32 Å². The molecule has 6 heteroatoms. The molecule has 1 atom stereocenters. The lowest BCUT2D eigenvalue weighted by Gasteiger charge is -2.17. The molecule has 0 bridgehead atoms. The molecule has 1 N–H and O–H groups in total. The van der Waals surface area contributed by atoms with Crippen molar-refractivity contribution in [2.45, 2.75) is 39.7 Å². The largest absolute Gasteiger partial charge is 0.464 e. The minimum absolute atomic E-state index is 0.266. The highest BCUT2D eigenvalue weighted by molar-refractivity contribution is 7.98. The van der Waals surface area contributed by atoms with E-state index in [2.05, 4.69) is 5.32 Å². The van der Waals surface area contributed by atoms with Gasteiger partial charge in [-0.1, -0.05) is 20.8 Å². The van der Waals surface area contributed by atoms with Crippen molar-refractivity contribution in [1.29, 1.82) is 0 Å². The van der Waals surface area contributed by atoms with Gasteiger partial charge in [0, 0.05) is 0 Å². The summed E-state index contributed by atoms with van der Waals surface area (Å²) in [5.74, 6) is 0.649. The maximum absolute atomic E-state index is 11.8. The SMILES string of the molecule is CCCOC(=O)C(CCSC)NC(=O)OCC(C)C. The molecule has 1 unspecified atom stereocenters. The third kappa shape index (κ3) is 9.64. The molecule has 5 nitrogen and oxygen atoms in total. The Morgan fingerprint density at radius 3 is 2.47 bits per heavy atom. The van der Waals surface area contributed by atoms with Crippen molar-refractivity contribution in [2.24, 2.45) is 5.92 Å². The Kier molecular flexibility index (Phi) is 10.4. The van der Waals surface area contributed by atoms with Crippen LogP contribution >= 0.6 is 11.8 Å². The van der Waals surface area contributed by atoms with Gasteiger partial charge in [-0.25, -0.2) is 9.59 Å².